The summed E-state index contributed by atoms with van der Waals surface area (Å²) in [5, 5.41) is 12.9. The highest BCUT2D eigenvalue weighted by Gasteiger charge is 2.21. The molecule has 0 radical (unpaired) electrons. The second-order valence-electron chi connectivity index (χ2n) is 6.48. The highest BCUT2D eigenvalue weighted by Crippen LogP contribution is 2.41. The van der Waals surface area contributed by atoms with Crippen molar-refractivity contribution in [3.8, 4) is 17.2 Å². The standard InChI is InChI=1S/C21H19ClFN7/c1-11(30-21-16(9-25)20(27)28-10-29-21)15-8-17(22)14(5-6-24)19(26)18(15)12-3-2-4-13(23)7-12/h2-8,10-11H,24,26H2,1H3,(H3,27,28,29,30)/b6-5-. The Bertz CT molecular complexity index is 1170. The molecule has 0 amide bonds. The average molecular weight is 424 g/mol. The van der Waals surface area contributed by atoms with Crippen LogP contribution in [0.3, 0.4) is 0 Å². The number of nitrogens with two attached hydrogens (primary N) is 3. The number of anilines is 3. The van der Waals surface area contributed by atoms with E-state index < -0.39 is 11.9 Å². The van der Waals surface area contributed by atoms with Crippen molar-refractivity contribution >= 4 is 35.0 Å². The van der Waals surface area contributed by atoms with Gasteiger partial charge in [-0.15, -0.1) is 0 Å². The van der Waals surface area contributed by atoms with E-state index in [0.717, 1.165) is 0 Å². The van der Waals surface area contributed by atoms with E-state index in [1.807, 2.05) is 13.0 Å². The molecule has 1 heterocycles. The van der Waals surface area contributed by atoms with Crippen molar-refractivity contribution in [2.24, 2.45) is 5.73 Å². The van der Waals surface area contributed by atoms with Crippen molar-refractivity contribution in [3.63, 3.8) is 0 Å². The number of nitrogens with zero attached hydrogens (tertiary/aromatic N) is 3. The van der Waals surface area contributed by atoms with Crippen molar-refractivity contribution in [3.05, 3.63) is 70.4 Å². The third-order valence-electron chi connectivity index (χ3n) is 4.57. The van der Waals surface area contributed by atoms with Gasteiger partial charge in [0.25, 0.3) is 0 Å². The van der Waals surface area contributed by atoms with Crippen molar-refractivity contribution < 1.29 is 4.39 Å². The normalized spacial score (nSPS) is 11.9. The molecule has 0 fully saturated rings. The van der Waals surface area contributed by atoms with Crippen LogP contribution >= 0.6 is 11.6 Å². The summed E-state index contributed by atoms with van der Waals surface area (Å²) in [5.74, 6) is -0.0727. The van der Waals surface area contributed by atoms with Crippen LogP contribution in [0.2, 0.25) is 5.02 Å². The molecule has 1 atom stereocenters. The molecule has 2 aromatic carbocycles. The largest absolute Gasteiger partial charge is 0.405 e. The van der Waals surface area contributed by atoms with E-state index in [2.05, 4.69) is 15.3 Å². The van der Waals surface area contributed by atoms with Crippen LogP contribution in [-0.2, 0) is 0 Å². The van der Waals surface area contributed by atoms with Gasteiger partial charge in [0.1, 0.15) is 35.4 Å². The topological polar surface area (TPSA) is 140 Å². The molecule has 0 saturated heterocycles. The quantitative estimate of drug-likeness (QED) is 0.453. The molecule has 1 unspecified atom stereocenters. The minimum absolute atomic E-state index is 0.0635. The number of nitriles is 1. The maximum atomic E-state index is 14.0. The Morgan fingerprint density at radius 2 is 2.03 bits per heavy atom. The van der Waals surface area contributed by atoms with Crippen molar-refractivity contribution in [1.29, 1.82) is 5.26 Å². The fraction of sp³-hybridized carbons (Fsp3) is 0.0952. The minimum atomic E-state index is -0.416. The van der Waals surface area contributed by atoms with Gasteiger partial charge < -0.3 is 22.5 Å². The molecule has 3 rings (SSSR count). The monoisotopic (exact) mass is 423 g/mol. The number of aromatic nitrogens is 2. The predicted molar refractivity (Wildman–Crippen MR) is 118 cm³/mol. The SMILES string of the molecule is CC(Nc1ncnc(N)c1C#N)c1cc(Cl)c(/C=C\N)c(N)c1-c1cccc(F)c1. The fourth-order valence-electron chi connectivity index (χ4n) is 3.18. The number of nitrogen functional groups attached to an aromatic ring is 2. The van der Waals surface area contributed by atoms with Gasteiger partial charge in [-0.05, 0) is 48.5 Å². The molecule has 30 heavy (non-hydrogen) atoms. The number of hydrogen-bond acceptors (Lipinski definition) is 7. The van der Waals surface area contributed by atoms with Gasteiger partial charge in [-0.25, -0.2) is 14.4 Å². The first-order valence-corrected chi connectivity index (χ1v) is 9.28. The highest BCUT2D eigenvalue weighted by molar-refractivity contribution is 6.33. The van der Waals surface area contributed by atoms with Crippen molar-refractivity contribution in [1.82, 2.24) is 9.97 Å². The first-order valence-electron chi connectivity index (χ1n) is 8.90. The molecule has 0 aliphatic heterocycles. The van der Waals surface area contributed by atoms with Crippen LogP contribution in [-0.4, -0.2) is 9.97 Å². The number of nitrogens with one attached hydrogen (secondary N) is 1. The molecule has 7 nitrogen and oxygen atoms in total. The lowest BCUT2D eigenvalue weighted by Gasteiger charge is -2.23. The second kappa shape index (κ2) is 8.68. The molecule has 0 spiro atoms. The van der Waals surface area contributed by atoms with Crippen LogP contribution < -0.4 is 22.5 Å². The molecular formula is C21H19ClFN7. The number of halogens is 2. The van der Waals surface area contributed by atoms with E-state index >= 15 is 0 Å². The van der Waals surface area contributed by atoms with Gasteiger partial charge in [0.2, 0.25) is 0 Å². The molecule has 3 aromatic rings. The fourth-order valence-corrected chi connectivity index (χ4v) is 3.46. The van der Waals surface area contributed by atoms with E-state index in [0.29, 0.717) is 33.0 Å². The Hall–Kier alpha value is -3.83. The molecule has 1 aromatic heterocycles. The summed E-state index contributed by atoms with van der Waals surface area (Å²) in [6.07, 6.45) is 4.17. The van der Waals surface area contributed by atoms with E-state index in [1.54, 1.807) is 24.3 Å². The lowest BCUT2D eigenvalue weighted by Crippen LogP contribution is -2.13. The Labute approximate surface area is 178 Å². The summed E-state index contributed by atoms with van der Waals surface area (Å²) in [6.45, 7) is 1.84. The molecule has 7 N–H and O–H groups in total. The maximum absolute atomic E-state index is 14.0. The zero-order chi connectivity index (χ0) is 21.8. The smallest absolute Gasteiger partial charge is 0.150 e. The third-order valence-corrected chi connectivity index (χ3v) is 4.88. The molecular weight excluding hydrogens is 405 g/mol. The zero-order valence-electron chi connectivity index (χ0n) is 16.0. The second-order valence-corrected chi connectivity index (χ2v) is 6.89. The highest BCUT2D eigenvalue weighted by atomic mass is 35.5. The average Bonchev–Trinajstić information content (AvgIpc) is 2.71. The van der Waals surface area contributed by atoms with E-state index in [9.17, 15) is 9.65 Å². The summed E-state index contributed by atoms with van der Waals surface area (Å²) in [4.78, 5) is 7.94. The predicted octanol–water partition coefficient (Wildman–Crippen LogP) is 4.07. The van der Waals surface area contributed by atoms with E-state index in [1.165, 1.54) is 24.7 Å². The Kier molecular flexibility index (Phi) is 6.04. The van der Waals surface area contributed by atoms with Crippen LogP contribution in [0.25, 0.3) is 17.2 Å². The minimum Gasteiger partial charge on any atom is -0.405 e. The molecule has 0 bridgehead atoms. The van der Waals surface area contributed by atoms with Crippen LogP contribution in [0.5, 0.6) is 0 Å². The molecule has 9 heteroatoms. The Morgan fingerprint density at radius 3 is 2.70 bits per heavy atom. The van der Waals surface area contributed by atoms with Gasteiger partial charge in [0.15, 0.2) is 0 Å². The zero-order valence-corrected chi connectivity index (χ0v) is 16.8. The first kappa shape index (κ1) is 20.9. The summed E-state index contributed by atoms with van der Waals surface area (Å²) < 4.78 is 14.0. The molecule has 0 saturated carbocycles. The number of benzene rings is 2. The Balaban J connectivity index is 2.19. The summed E-state index contributed by atoms with van der Waals surface area (Å²) in [6, 6.07) is 9.37. The van der Waals surface area contributed by atoms with E-state index in [4.69, 9.17) is 28.8 Å². The van der Waals surface area contributed by atoms with Gasteiger partial charge in [-0.2, -0.15) is 5.26 Å². The van der Waals surface area contributed by atoms with E-state index in [-0.39, 0.29) is 17.2 Å². The number of hydrogen-bond donors (Lipinski definition) is 4. The summed E-state index contributed by atoms with van der Waals surface area (Å²) in [7, 11) is 0. The van der Waals surface area contributed by atoms with Gasteiger partial charge >= 0.3 is 0 Å². The van der Waals surface area contributed by atoms with Gasteiger partial charge in [-0.3, -0.25) is 0 Å². The van der Waals surface area contributed by atoms with Crippen LogP contribution in [0.15, 0.2) is 42.9 Å². The maximum Gasteiger partial charge on any atom is 0.150 e. The van der Waals surface area contributed by atoms with Gasteiger partial charge in [0.05, 0.1) is 11.1 Å². The van der Waals surface area contributed by atoms with Gasteiger partial charge in [-0.1, -0.05) is 23.7 Å². The van der Waals surface area contributed by atoms with Crippen LogP contribution in [0, 0.1) is 17.1 Å². The number of rotatable bonds is 5. The van der Waals surface area contributed by atoms with Crippen molar-refractivity contribution in [2.75, 3.05) is 16.8 Å². The first-order chi connectivity index (χ1) is 14.4. The lowest BCUT2D eigenvalue weighted by molar-refractivity contribution is 0.628. The third kappa shape index (κ3) is 3.97. The van der Waals surface area contributed by atoms with Crippen LogP contribution in [0.4, 0.5) is 21.7 Å². The summed E-state index contributed by atoms with van der Waals surface area (Å²) in [5.41, 5.74) is 20.6. The lowest BCUT2D eigenvalue weighted by atomic mass is 9.91. The Morgan fingerprint density at radius 1 is 1.27 bits per heavy atom. The van der Waals surface area contributed by atoms with Crippen molar-refractivity contribution in [2.45, 2.75) is 13.0 Å². The molecule has 0 aliphatic carbocycles. The molecule has 0 aliphatic rings. The van der Waals surface area contributed by atoms with Crippen LogP contribution in [0.1, 0.15) is 29.7 Å². The van der Waals surface area contributed by atoms with Gasteiger partial charge in [0, 0.05) is 16.8 Å². The summed E-state index contributed by atoms with van der Waals surface area (Å²) >= 11 is 6.45. The molecule has 152 valence electrons.